The molecule has 9 aromatic rings. The van der Waals surface area contributed by atoms with Crippen LogP contribution in [0.4, 0.5) is 17.1 Å². The van der Waals surface area contributed by atoms with Crippen LogP contribution < -0.4 is 4.90 Å². The van der Waals surface area contributed by atoms with E-state index in [2.05, 4.69) is 187 Å². The van der Waals surface area contributed by atoms with Gasteiger partial charge in [0.1, 0.15) is 5.58 Å². The fourth-order valence-corrected chi connectivity index (χ4v) is 10.1. The third kappa shape index (κ3) is 4.87. The second-order valence-electron chi connectivity index (χ2n) is 15.4. The molecule has 0 unspecified atom stereocenters. The predicted molar refractivity (Wildman–Crippen MR) is 229 cm³/mol. The predicted octanol–water partition coefficient (Wildman–Crippen LogP) is 14.6. The number of fused-ring (bicyclic) bond motifs is 8. The van der Waals surface area contributed by atoms with Gasteiger partial charge in [-0.15, -0.1) is 0 Å². The molecule has 2 aliphatic carbocycles. The first-order valence-corrected chi connectivity index (χ1v) is 19.9. The Morgan fingerprint density at radius 1 is 0.473 bits per heavy atom. The van der Waals surface area contributed by atoms with Gasteiger partial charge in [0.25, 0.3) is 0 Å². The standard InChI is InChI=1S/C53H41NO/c1-5-17-36(18-6-1)43-27-15-28-44-45-29-16-30-49(52(45)55-51(43)44)54(40-24-11-4-12-25-40)41-32-33-46-48(35-41)53(38-20-7-2-8-21-38,39-22-9-3-10-23-39)47-34-31-37-19-13-14-26-42(37)50(46)47/h2-4,7-16,19-36H,1,5-6,17-18H2. The highest BCUT2D eigenvalue weighted by molar-refractivity contribution is 6.11. The fraction of sp³-hybridized carbons (Fsp3) is 0.132. The van der Waals surface area contributed by atoms with Crippen LogP contribution in [0.5, 0.6) is 0 Å². The van der Waals surface area contributed by atoms with E-state index in [1.807, 2.05) is 0 Å². The lowest BCUT2D eigenvalue weighted by Crippen LogP contribution is -2.28. The van der Waals surface area contributed by atoms with Crippen LogP contribution in [0.25, 0.3) is 43.8 Å². The Balaban J connectivity index is 1.20. The normalized spacial score (nSPS) is 15.0. The van der Waals surface area contributed by atoms with Gasteiger partial charge in [0.15, 0.2) is 5.58 Å². The molecule has 0 N–H and O–H groups in total. The zero-order chi connectivity index (χ0) is 36.3. The molecule has 0 spiro atoms. The second kappa shape index (κ2) is 12.9. The van der Waals surface area contributed by atoms with E-state index in [0.717, 1.165) is 33.6 Å². The van der Waals surface area contributed by atoms with Crippen LogP contribution in [0.3, 0.4) is 0 Å². The summed E-state index contributed by atoms with van der Waals surface area (Å²) < 4.78 is 7.12. The van der Waals surface area contributed by atoms with Crippen molar-refractivity contribution in [1.29, 1.82) is 0 Å². The van der Waals surface area contributed by atoms with Crippen molar-refractivity contribution in [1.82, 2.24) is 0 Å². The second-order valence-corrected chi connectivity index (χ2v) is 15.4. The average molecular weight is 708 g/mol. The first kappa shape index (κ1) is 32.1. The van der Waals surface area contributed by atoms with Crippen molar-refractivity contribution in [2.75, 3.05) is 4.90 Å². The molecule has 264 valence electrons. The highest BCUT2D eigenvalue weighted by Gasteiger charge is 2.47. The summed E-state index contributed by atoms with van der Waals surface area (Å²) in [5.41, 5.74) is 13.7. The molecule has 2 aliphatic rings. The summed E-state index contributed by atoms with van der Waals surface area (Å²) in [6, 6.07) is 67.1. The molecular formula is C53H41NO. The zero-order valence-corrected chi connectivity index (χ0v) is 30.8. The van der Waals surface area contributed by atoms with Gasteiger partial charge in [-0.1, -0.05) is 171 Å². The summed E-state index contributed by atoms with van der Waals surface area (Å²) in [5, 5.41) is 4.90. The van der Waals surface area contributed by atoms with Gasteiger partial charge in [0.05, 0.1) is 11.1 Å². The Hall–Kier alpha value is -6.38. The average Bonchev–Trinajstić information content (AvgIpc) is 3.80. The quantitative estimate of drug-likeness (QED) is 0.171. The fourth-order valence-electron chi connectivity index (χ4n) is 10.1. The monoisotopic (exact) mass is 707 g/mol. The maximum atomic E-state index is 7.12. The van der Waals surface area contributed by atoms with E-state index in [0.29, 0.717) is 5.92 Å². The number of anilines is 3. The van der Waals surface area contributed by atoms with Crippen LogP contribution in [0.1, 0.15) is 65.8 Å². The van der Waals surface area contributed by atoms with Gasteiger partial charge >= 0.3 is 0 Å². The smallest absolute Gasteiger partial charge is 0.159 e. The molecule has 1 aromatic heterocycles. The van der Waals surface area contributed by atoms with E-state index >= 15 is 0 Å². The zero-order valence-electron chi connectivity index (χ0n) is 30.8. The van der Waals surface area contributed by atoms with Crippen molar-refractivity contribution < 1.29 is 4.42 Å². The third-order valence-corrected chi connectivity index (χ3v) is 12.5. The molecule has 1 fully saturated rings. The summed E-state index contributed by atoms with van der Waals surface area (Å²) in [5.74, 6) is 0.546. The molecule has 11 rings (SSSR count). The number of para-hydroxylation sites is 3. The van der Waals surface area contributed by atoms with Gasteiger partial charge < -0.3 is 9.32 Å². The molecule has 0 radical (unpaired) electrons. The van der Waals surface area contributed by atoms with Crippen LogP contribution in [0.2, 0.25) is 0 Å². The molecule has 2 nitrogen and oxygen atoms in total. The van der Waals surface area contributed by atoms with Crippen LogP contribution in [0.15, 0.2) is 186 Å². The van der Waals surface area contributed by atoms with E-state index in [9.17, 15) is 0 Å². The first-order chi connectivity index (χ1) is 27.3. The van der Waals surface area contributed by atoms with Gasteiger partial charge in [-0.25, -0.2) is 0 Å². The molecule has 0 aliphatic heterocycles. The van der Waals surface area contributed by atoms with Gasteiger partial charge in [0.2, 0.25) is 0 Å². The molecule has 1 heterocycles. The summed E-state index contributed by atoms with van der Waals surface area (Å²) in [7, 11) is 0. The van der Waals surface area contributed by atoms with Gasteiger partial charge in [-0.05, 0) is 98.8 Å². The summed E-state index contributed by atoms with van der Waals surface area (Å²) >= 11 is 0. The van der Waals surface area contributed by atoms with Gasteiger partial charge in [0, 0.05) is 22.1 Å². The Morgan fingerprint density at radius 3 is 1.85 bits per heavy atom. The summed E-state index contributed by atoms with van der Waals surface area (Å²) in [4.78, 5) is 2.41. The Bertz CT molecular complexity index is 2810. The highest BCUT2D eigenvalue weighted by Crippen LogP contribution is 2.59. The molecule has 0 atom stereocenters. The summed E-state index contributed by atoms with van der Waals surface area (Å²) in [6.07, 6.45) is 6.38. The van der Waals surface area contributed by atoms with E-state index in [4.69, 9.17) is 4.42 Å². The Morgan fingerprint density at radius 2 is 1.11 bits per heavy atom. The molecule has 1 saturated carbocycles. The van der Waals surface area contributed by atoms with Crippen LogP contribution in [-0.4, -0.2) is 0 Å². The Labute approximate surface area is 322 Å². The van der Waals surface area contributed by atoms with Crippen molar-refractivity contribution in [3.63, 3.8) is 0 Å². The molecule has 0 amide bonds. The molecule has 0 bridgehead atoms. The first-order valence-electron chi connectivity index (χ1n) is 19.9. The topological polar surface area (TPSA) is 16.4 Å². The number of hydrogen-bond donors (Lipinski definition) is 0. The number of furan rings is 1. The van der Waals surface area contributed by atoms with Crippen molar-refractivity contribution in [3.8, 4) is 11.1 Å². The molecule has 8 aromatic carbocycles. The SMILES string of the molecule is c1ccc(N(c2ccc3c(c2)C(c2ccccc2)(c2ccccc2)c2ccc4ccccc4c2-3)c2cccc3c2oc2c(C4CCCCC4)cccc23)cc1. The summed E-state index contributed by atoms with van der Waals surface area (Å²) in [6.45, 7) is 0. The van der Waals surface area contributed by atoms with Crippen molar-refractivity contribution >= 4 is 49.8 Å². The van der Waals surface area contributed by atoms with Crippen LogP contribution >= 0.6 is 0 Å². The van der Waals surface area contributed by atoms with E-state index < -0.39 is 5.41 Å². The highest BCUT2D eigenvalue weighted by atomic mass is 16.3. The third-order valence-electron chi connectivity index (χ3n) is 12.5. The van der Waals surface area contributed by atoms with Crippen molar-refractivity contribution in [3.05, 3.63) is 210 Å². The maximum Gasteiger partial charge on any atom is 0.159 e. The number of nitrogens with zero attached hydrogens (tertiary/aromatic N) is 1. The molecular weight excluding hydrogens is 667 g/mol. The Kier molecular flexibility index (Phi) is 7.52. The molecule has 0 saturated heterocycles. The minimum Gasteiger partial charge on any atom is -0.454 e. The lowest BCUT2D eigenvalue weighted by molar-refractivity contribution is 0.442. The van der Waals surface area contributed by atoms with E-state index in [1.165, 1.54) is 87.2 Å². The largest absolute Gasteiger partial charge is 0.454 e. The van der Waals surface area contributed by atoms with Crippen molar-refractivity contribution in [2.24, 2.45) is 0 Å². The maximum absolute atomic E-state index is 7.12. The van der Waals surface area contributed by atoms with Gasteiger partial charge in [-0.3, -0.25) is 0 Å². The minimum atomic E-state index is -0.532. The number of benzene rings is 8. The lowest BCUT2D eigenvalue weighted by atomic mass is 9.67. The van der Waals surface area contributed by atoms with Crippen LogP contribution in [-0.2, 0) is 5.41 Å². The van der Waals surface area contributed by atoms with E-state index in [1.54, 1.807) is 0 Å². The minimum absolute atomic E-state index is 0.532. The van der Waals surface area contributed by atoms with Crippen molar-refractivity contribution in [2.45, 2.75) is 43.4 Å². The van der Waals surface area contributed by atoms with Crippen LogP contribution in [0, 0.1) is 0 Å². The van der Waals surface area contributed by atoms with Gasteiger partial charge in [-0.2, -0.15) is 0 Å². The lowest BCUT2D eigenvalue weighted by Gasteiger charge is -2.35. The number of rotatable bonds is 6. The molecule has 2 heteroatoms. The number of hydrogen-bond acceptors (Lipinski definition) is 2. The van der Waals surface area contributed by atoms with E-state index in [-0.39, 0.29) is 0 Å². The molecule has 55 heavy (non-hydrogen) atoms.